The Balaban J connectivity index is 1.38. The molecule has 1 amide bonds. The Labute approximate surface area is 198 Å². The van der Waals surface area contributed by atoms with Gasteiger partial charge in [0.1, 0.15) is 0 Å². The molecule has 0 atom stereocenters. The number of hydrogen-bond donors (Lipinski definition) is 2. The molecule has 1 aliphatic carbocycles. The zero-order valence-electron chi connectivity index (χ0n) is 17.9. The van der Waals surface area contributed by atoms with Crippen LogP contribution in [0.4, 0.5) is 5.69 Å². The Morgan fingerprint density at radius 3 is 2.30 bits per heavy atom. The van der Waals surface area contributed by atoms with Crippen molar-refractivity contribution in [3.05, 3.63) is 95.0 Å². The Morgan fingerprint density at radius 2 is 1.61 bits per heavy atom. The van der Waals surface area contributed by atoms with Gasteiger partial charge < -0.3 is 0 Å². The van der Waals surface area contributed by atoms with Gasteiger partial charge in [-0.25, -0.2) is 13.8 Å². The first-order valence-corrected chi connectivity index (χ1v) is 12.6. The second-order valence-electron chi connectivity index (χ2n) is 7.94. The van der Waals surface area contributed by atoms with Gasteiger partial charge in [0.15, 0.2) is 0 Å². The summed E-state index contributed by atoms with van der Waals surface area (Å²) in [6.07, 6.45) is 3.62. The van der Waals surface area contributed by atoms with Crippen molar-refractivity contribution >= 4 is 38.9 Å². The van der Waals surface area contributed by atoms with E-state index < -0.39 is 15.9 Å². The summed E-state index contributed by atoms with van der Waals surface area (Å²) in [6.45, 7) is 0. The van der Waals surface area contributed by atoms with Crippen LogP contribution >= 0.6 is 11.6 Å². The highest BCUT2D eigenvalue weighted by Gasteiger charge is 2.20. The van der Waals surface area contributed by atoms with Gasteiger partial charge in [-0.15, -0.1) is 0 Å². The Kier molecular flexibility index (Phi) is 7.11. The number of nitrogens with zero attached hydrogens (tertiary/aromatic N) is 1. The van der Waals surface area contributed by atoms with E-state index in [1.54, 1.807) is 30.3 Å². The first kappa shape index (κ1) is 23.0. The van der Waals surface area contributed by atoms with E-state index in [-0.39, 0.29) is 10.5 Å². The third-order valence-electron chi connectivity index (χ3n) is 5.65. The topological polar surface area (TPSA) is 87.6 Å². The van der Waals surface area contributed by atoms with Gasteiger partial charge in [0.2, 0.25) is 0 Å². The standard InChI is InChI=1S/C25H24ClN3O3S/c26-21-11-15-23(16-12-21)29-33(31,32)24-8-4-7-20(17-24)25(30)28-27-22-13-9-19(10-14-22)18-5-2-1-3-6-18/h1-8,11-12,15-17,19,29H,9-10,13-14H2,(H,28,30). The quantitative estimate of drug-likeness (QED) is 0.450. The van der Waals surface area contributed by atoms with Gasteiger partial charge in [-0.05, 0) is 79.6 Å². The monoisotopic (exact) mass is 481 g/mol. The van der Waals surface area contributed by atoms with Gasteiger partial charge in [0.05, 0.1) is 4.90 Å². The molecular formula is C25H24ClN3O3S. The third kappa shape index (κ3) is 6.00. The zero-order valence-corrected chi connectivity index (χ0v) is 19.4. The van der Waals surface area contributed by atoms with Crippen molar-refractivity contribution in [1.82, 2.24) is 5.43 Å². The van der Waals surface area contributed by atoms with Crippen molar-refractivity contribution in [2.24, 2.45) is 5.10 Å². The predicted octanol–water partition coefficient (Wildman–Crippen LogP) is 5.58. The summed E-state index contributed by atoms with van der Waals surface area (Å²) < 4.78 is 27.9. The first-order valence-electron chi connectivity index (χ1n) is 10.7. The summed E-state index contributed by atoms with van der Waals surface area (Å²) >= 11 is 5.84. The SMILES string of the molecule is O=C(NN=C1CCC(c2ccccc2)CC1)c1cccc(S(=O)(=O)Nc2ccc(Cl)cc2)c1. The van der Waals surface area contributed by atoms with E-state index in [9.17, 15) is 13.2 Å². The number of nitrogens with one attached hydrogen (secondary N) is 2. The van der Waals surface area contributed by atoms with Crippen LogP contribution in [-0.4, -0.2) is 20.0 Å². The van der Waals surface area contributed by atoms with Crippen molar-refractivity contribution in [3.8, 4) is 0 Å². The van der Waals surface area contributed by atoms with E-state index in [2.05, 4.69) is 39.5 Å². The fourth-order valence-electron chi connectivity index (χ4n) is 3.85. The van der Waals surface area contributed by atoms with Gasteiger partial charge in [-0.3, -0.25) is 9.52 Å². The fourth-order valence-corrected chi connectivity index (χ4v) is 5.08. The summed E-state index contributed by atoms with van der Waals surface area (Å²) in [5.74, 6) is 0.0621. The smallest absolute Gasteiger partial charge is 0.271 e. The number of anilines is 1. The Morgan fingerprint density at radius 1 is 0.909 bits per heavy atom. The molecule has 0 spiro atoms. The minimum absolute atomic E-state index is 0.0128. The van der Waals surface area contributed by atoms with Crippen molar-refractivity contribution in [3.63, 3.8) is 0 Å². The molecule has 170 valence electrons. The predicted molar refractivity (Wildman–Crippen MR) is 131 cm³/mol. The van der Waals surface area contributed by atoms with E-state index in [4.69, 9.17) is 11.6 Å². The minimum Gasteiger partial charge on any atom is -0.280 e. The lowest BCUT2D eigenvalue weighted by atomic mass is 9.83. The molecule has 3 aromatic rings. The lowest BCUT2D eigenvalue weighted by Gasteiger charge is -2.23. The first-order chi connectivity index (χ1) is 15.9. The van der Waals surface area contributed by atoms with Crippen LogP contribution < -0.4 is 10.1 Å². The average Bonchev–Trinajstić information content (AvgIpc) is 2.85. The Bertz CT molecular complexity index is 1250. The van der Waals surface area contributed by atoms with Gasteiger partial charge >= 0.3 is 0 Å². The van der Waals surface area contributed by atoms with Crippen LogP contribution in [0.1, 0.15) is 47.5 Å². The van der Waals surface area contributed by atoms with Crippen LogP contribution in [0.5, 0.6) is 0 Å². The van der Waals surface area contributed by atoms with E-state index in [0.29, 0.717) is 16.6 Å². The maximum absolute atomic E-state index is 12.7. The summed E-state index contributed by atoms with van der Waals surface area (Å²) in [7, 11) is -3.86. The normalized spacial score (nSPS) is 16.2. The average molecular weight is 482 g/mol. The number of amides is 1. The molecule has 33 heavy (non-hydrogen) atoms. The molecule has 0 bridgehead atoms. The van der Waals surface area contributed by atoms with Crippen molar-refractivity contribution in [2.45, 2.75) is 36.5 Å². The lowest BCUT2D eigenvalue weighted by Crippen LogP contribution is -2.22. The molecule has 1 fully saturated rings. The molecule has 0 aliphatic heterocycles. The molecular weight excluding hydrogens is 458 g/mol. The van der Waals surface area contributed by atoms with Crippen LogP contribution in [0, 0.1) is 0 Å². The van der Waals surface area contributed by atoms with Gasteiger partial charge in [0.25, 0.3) is 15.9 Å². The molecule has 0 radical (unpaired) electrons. The molecule has 6 nitrogen and oxygen atoms in total. The molecule has 0 aromatic heterocycles. The van der Waals surface area contributed by atoms with E-state index in [1.165, 1.54) is 23.8 Å². The van der Waals surface area contributed by atoms with Crippen LogP contribution in [0.3, 0.4) is 0 Å². The second-order valence-corrected chi connectivity index (χ2v) is 10.1. The van der Waals surface area contributed by atoms with Crippen molar-refractivity contribution < 1.29 is 13.2 Å². The number of carbonyl (C=O) groups is 1. The third-order valence-corrected chi connectivity index (χ3v) is 7.28. The fraction of sp³-hybridized carbons (Fsp3) is 0.200. The van der Waals surface area contributed by atoms with Gasteiger partial charge in [-0.1, -0.05) is 48.0 Å². The van der Waals surface area contributed by atoms with E-state index >= 15 is 0 Å². The maximum Gasteiger partial charge on any atom is 0.271 e. The van der Waals surface area contributed by atoms with Crippen LogP contribution in [-0.2, 0) is 10.0 Å². The minimum atomic E-state index is -3.86. The highest BCUT2D eigenvalue weighted by Crippen LogP contribution is 2.31. The largest absolute Gasteiger partial charge is 0.280 e. The Hall–Kier alpha value is -3.16. The number of halogens is 1. The zero-order chi connectivity index (χ0) is 23.3. The number of sulfonamides is 1. The number of hydrogen-bond acceptors (Lipinski definition) is 4. The van der Waals surface area contributed by atoms with Crippen molar-refractivity contribution in [1.29, 1.82) is 0 Å². The molecule has 0 saturated heterocycles. The maximum atomic E-state index is 12.7. The van der Waals surface area contributed by atoms with Crippen LogP contribution in [0.25, 0.3) is 0 Å². The number of benzene rings is 3. The molecule has 0 unspecified atom stereocenters. The molecule has 0 heterocycles. The molecule has 4 rings (SSSR count). The second kappa shape index (κ2) is 10.2. The van der Waals surface area contributed by atoms with Crippen molar-refractivity contribution in [2.75, 3.05) is 4.72 Å². The van der Waals surface area contributed by atoms with Crippen LogP contribution in [0.2, 0.25) is 5.02 Å². The summed E-state index contributed by atoms with van der Waals surface area (Å²) in [5.41, 5.74) is 5.46. The lowest BCUT2D eigenvalue weighted by molar-refractivity contribution is 0.0954. The number of hydrazone groups is 1. The highest BCUT2D eigenvalue weighted by molar-refractivity contribution is 7.92. The number of rotatable bonds is 6. The number of carbonyl (C=O) groups excluding carboxylic acids is 1. The molecule has 3 aromatic carbocycles. The van der Waals surface area contributed by atoms with Gasteiger partial charge in [-0.2, -0.15) is 5.10 Å². The summed E-state index contributed by atoms with van der Waals surface area (Å²) in [5, 5.41) is 4.80. The molecule has 1 aliphatic rings. The summed E-state index contributed by atoms with van der Waals surface area (Å²) in [6, 6.07) is 22.6. The van der Waals surface area contributed by atoms with Crippen LogP contribution in [0.15, 0.2) is 88.9 Å². The van der Waals surface area contributed by atoms with E-state index in [0.717, 1.165) is 31.4 Å². The molecule has 8 heteroatoms. The molecule has 1 saturated carbocycles. The highest BCUT2D eigenvalue weighted by atomic mass is 35.5. The van der Waals surface area contributed by atoms with Gasteiger partial charge in [0, 0.05) is 22.0 Å². The molecule has 2 N–H and O–H groups in total. The van der Waals surface area contributed by atoms with E-state index in [1.807, 2.05) is 6.07 Å². The summed E-state index contributed by atoms with van der Waals surface area (Å²) in [4.78, 5) is 12.6.